The van der Waals surface area contributed by atoms with Crippen LogP contribution in [0, 0.1) is 0 Å². The van der Waals surface area contributed by atoms with E-state index in [0.717, 1.165) is 28.0 Å². The van der Waals surface area contributed by atoms with E-state index in [1.807, 2.05) is 24.3 Å². The molecule has 1 aromatic carbocycles. The van der Waals surface area contributed by atoms with Crippen molar-refractivity contribution in [2.45, 2.75) is 6.42 Å². The summed E-state index contributed by atoms with van der Waals surface area (Å²) >= 11 is 5.97. The van der Waals surface area contributed by atoms with Crippen molar-refractivity contribution in [3.05, 3.63) is 41.1 Å². The first-order chi connectivity index (χ1) is 7.26. The fraction of sp³-hybridized carbons (Fsp3) is 0.167. The highest BCUT2D eigenvalue weighted by molar-refractivity contribution is 6.31. The molecule has 0 saturated carbocycles. The summed E-state index contributed by atoms with van der Waals surface area (Å²) < 4.78 is 0. The quantitative estimate of drug-likeness (QED) is 0.821. The van der Waals surface area contributed by atoms with Gasteiger partial charge in [0.05, 0.1) is 0 Å². The fourth-order valence-electron chi connectivity index (χ4n) is 1.83. The lowest BCUT2D eigenvalue weighted by atomic mass is 10.1. The zero-order valence-electron chi connectivity index (χ0n) is 8.39. The van der Waals surface area contributed by atoms with Gasteiger partial charge in [-0.15, -0.1) is 0 Å². The average molecular weight is 221 g/mol. The Balaban J connectivity index is 2.70. The van der Waals surface area contributed by atoms with E-state index in [1.165, 1.54) is 5.56 Å². The largest absolute Gasteiger partial charge is 0.355 e. The number of aromatic nitrogens is 1. The molecule has 78 valence electrons. The normalized spacial score (nSPS) is 10.8. The number of nitrogens with two attached hydrogens (primary N) is 1. The van der Waals surface area contributed by atoms with Crippen molar-refractivity contribution in [2.75, 3.05) is 6.54 Å². The van der Waals surface area contributed by atoms with Crippen LogP contribution in [0.25, 0.3) is 17.0 Å². The van der Waals surface area contributed by atoms with Gasteiger partial charge in [0.2, 0.25) is 0 Å². The fourth-order valence-corrected chi connectivity index (χ4v) is 2.00. The van der Waals surface area contributed by atoms with Crippen LogP contribution in [0.4, 0.5) is 0 Å². The number of benzene rings is 1. The molecule has 3 N–H and O–H groups in total. The van der Waals surface area contributed by atoms with Gasteiger partial charge in [-0.3, -0.25) is 0 Å². The lowest BCUT2D eigenvalue weighted by Gasteiger charge is -1.98. The molecule has 0 aliphatic rings. The molecule has 0 amide bonds. The van der Waals surface area contributed by atoms with E-state index in [0.29, 0.717) is 6.54 Å². The van der Waals surface area contributed by atoms with E-state index in [9.17, 15) is 0 Å². The number of nitrogens with one attached hydrogen (secondary N) is 1. The van der Waals surface area contributed by atoms with E-state index in [2.05, 4.69) is 11.6 Å². The summed E-state index contributed by atoms with van der Waals surface area (Å²) in [4.78, 5) is 3.29. The number of rotatable bonds is 3. The Morgan fingerprint density at radius 3 is 2.93 bits per heavy atom. The third-order valence-electron chi connectivity index (χ3n) is 2.50. The van der Waals surface area contributed by atoms with E-state index >= 15 is 0 Å². The molecule has 15 heavy (non-hydrogen) atoms. The second-order valence-electron chi connectivity index (χ2n) is 3.45. The SMILES string of the molecule is C=Cc1[nH]c2ccc(Cl)cc2c1CCN. The van der Waals surface area contributed by atoms with Crippen molar-refractivity contribution >= 4 is 28.6 Å². The lowest BCUT2D eigenvalue weighted by Crippen LogP contribution is -2.03. The molecule has 2 nitrogen and oxygen atoms in total. The van der Waals surface area contributed by atoms with Crippen LogP contribution in [0.1, 0.15) is 11.3 Å². The van der Waals surface area contributed by atoms with Crippen LogP contribution in [0.5, 0.6) is 0 Å². The Hall–Kier alpha value is -1.25. The van der Waals surface area contributed by atoms with Crippen LogP contribution in [0.15, 0.2) is 24.8 Å². The molecule has 1 aromatic heterocycles. The number of hydrogen-bond donors (Lipinski definition) is 2. The van der Waals surface area contributed by atoms with Crippen LogP contribution in [0.2, 0.25) is 5.02 Å². The van der Waals surface area contributed by atoms with Crippen molar-refractivity contribution < 1.29 is 0 Å². The molecule has 0 saturated heterocycles. The molecular formula is C12H13ClN2. The van der Waals surface area contributed by atoms with Gasteiger partial charge in [-0.1, -0.05) is 18.2 Å². The van der Waals surface area contributed by atoms with Gasteiger partial charge in [0.1, 0.15) is 0 Å². The maximum Gasteiger partial charge on any atom is 0.0462 e. The number of hydrogen-bond acceptors (Lipinski definition) is 1. The predicted molar refractivity (Wildman–Crippen MR) is 66.2 cm³/mol. The van der Waals surface area contributed by atoms with Gasteiger partial charge in [-0.2, -0.15) is 0 Å². The zero-order valence-corrected chi connectivity index (χ0v) is 9.14. The van der Waals surface area contributed by atoms with Crippen molar-refractivity contribution in [2.24, 2.45) is 5.73 Å². The van der Waals surface area contributed by atoms with Crippen molar-refractivity contribution in [1.29, 1.82) is 0 Å². The molecule has 1 heterocycles. The van der Waals surface area contributed by atoms with E-state index in [1.54, 1.807) is 0 Å². The summed E-state index contributed by atoms with van der Waals surface area (Å²) in [7, 11) is 0. The zero-order chi connectivity index (χ0) is 10.8. The van der Waals surface area contributed by atoms with Gasteiger partial charge in [0, 0.05) is 21.6 Å². The molecule has 3 heteroatoms. The Morgan fingerprint density at radius 1 is 1.47 bits per heavy atom. The first kappa shape index (κ1) is 10.3. The Bertz CT molecular complexity index is 500. The molecule has 0 fully saturated rings. The number of fused-ring (bicyclic) bond motifs is 1. The number of H-pyrrole nitrogens is 1. The molecule has 0 aliphatic heterocycles. The summed E-state index contributed by atoms with van der Waals surface area (Å²) in [6.45, 7) is 4.41. The monoisotopic (exact) mass is 220 g/mol. The van der Waals surface area contributed by atoms with Gasteiger partial charge >= 0.3 is 0 Å². The highest BCUT2D eigenvalue weighted by Gasteiger charge is 2.08. The second kappa shape index (κ2) is 4.09. The first-order valence-corrected chi connectivity index (χ1v) is 5.26. The van der Waals surface area contributed by atoms with Gasteiger partial charge in [0.15, 0.2) is 0 Å². The predicted octanol–water partition coefficient (Wildman–Crippen LogP) is 2.97. The van der Waals surface area contributed by atoms with Crippen molar-refractivity contribution in [3.8, 4) is 0 Å². The average Bonchev–Trinajstić information content (AvgIpc) is 2.57. The Kier molecular flexibility index (Phi) is 2.80. The third-order valence-corrected chi connectivity index (χ3v) is 2.73. The van der Waals surface area contributed by atoms with E-state index < -0.39 is 0 Å². The lowest BCUT2D eigenvalue weighted by molar-refractivity contribution is 0.973. The smallest absolute Gasteiger partial charge is 0.0462 e. The van der Waals surface area contributed by atoms with Crippen molar-refractivity contribution in [1.82, 2.24) is 4.98 Å². The summed E-state index contributed by atoms with van der Waals surface area (Å²) in [6.07, 6.45) is 2.65. The maximum atomic E-state index is 5.97. The summed E-state index contributed by atoms with van der Waals surface area (Å²) in [5, 5.41) is 1.89. The molecule has 0 bridgehead atoms. The molecule has 0 spiro atoms. The molecule has 2 rings (SSSR count). The van der Waals surface area contributed by atoms with Crippen LogP contribution < -0.4 is 5.73 Å². The number of aromatic amines is 1. The molecule has 0 unspecified atom stereocenters. The van der Waals surface area contributed by atoms with Crippen LogP contribution in [-0.2, 0) is 6.42 Å². The number of halogens is 1. The summed E-state index contributed by atoms with van der Waals surface area (Å²) in [6, 6.07) is 5.82. The second-order valence-corrected chi connectivity index (χ2v) is 3.89. The van der Waals surface area contributed by atoms with Crippen LogP contribution in [-0.4, -0.2) is 11.5 Å². The molecule has 0 radical (unpaired) electrons. The molecule has 0 atom stereocenters. The summed E-state index contributed by atoms with van der Waals surface area (Å²) in [5.41, 5.74) is 8.91. The highest BCUT2D eigenvalue weighted by Crippen LogP contribution is 2.26. The highest BCUT2D eigenvalue weighted by atomic mass is 35.5. The minimum Gasteiger partial charge on any atom is -0.355 e. The Labute approximate surface area is 93.7 Å². The van der Waals surface area contributed by atoms with Gasteiger partial charge in [0.25, 0.3) is 0 Å². The van der Waals surface area contributed by atoms with E-state index in [-0.39, 0.29) is 0 Å². The van der Waals surface area contributed by atoms with Crippen molar-refractivity contribution in [3.63, 3.8) is 0 Å². The van der Waals surface area contributed by atoms with Crippen LogP contribution in [0.3, 0.4) is 0 Å². The maximum absolute atomic E-state index is 5.97. The molecular weight excluding hydrogens is 208 g/mol. The third kappa shape index (κ3) is 1.78. The standard InChI is InChI=1S/C12H13ClN2/c1-2-11-9(5-6-14)10-7-8(13)3-4-12(10)15-11/h2-4,7,15H,1,5-6,14H2. The topological polar surface area (TPSA) is 41.8 Å². The van der Waals surface area contributed by atoms with Gasteiger partial charge < -0.3 is 10.7 Å². The molecule has 2 aromatic rings. The minimum absolute atomic E-state index is 0.625. The minimum atomic E-state index is 0.625. The summed E-state index contributed by atoms with van der Waals surface area (Å²) in [5.74, 6) is 0. The van der Waals surface area contributed by atoms with Crippen LogP contribution >= 0.6 is 11.6 Å². The van der Waals surface area contributed by atoms with Gasteiger partial charge in [-0.25, -0.2) is 0 Å². The van der Waals surface area contributed by atoms with Gasteiger partial charge in [-0.05, 0) is 42.8 Å². The Morgan fingerprint density at radius 2 is 2.27 bits per heavy atom. The van der Waals surface area contributed by atoms with E-state index in [4.69, 9.17) is 17.3 Å². The molecule has 0 aliphatic carbocycles. The first-order valence-electron chi connectivity index (χ1n) is 4.89.